The Morgan fingerprint density at radius 2 is 1.57 bits per heavy atom. The molecule has 4 atom stereocenters. The Morgan fingerprint density at radius 1 is 1.07 bits per heavy atom. The van der Waals surface area contributed by atoms with Crippen LogP contribution >= 0.6 is 0 Å². The Morgan fingerprint density at radius 3 is 1.86 bits per heavy atom. The van der Waals surface area contributed by atoms with Crippen molar-refractivity contribution >= 4 is 0 Å². The highest BCUT2D eigenvalue weighted by Gasteiger charge is 2.71. The predicted octanol–water partition coefficient (Wildman–Crippen LogP) is 1.78. The zero-order valence-electron chi connectivity index (χ0n) is 10.0. The molecule has 2 aliphatic rings. The molecule has 2 nitrogen and oxygen atoms in total. The van der Waals surface area contributed by atoms with Crippen LogP contribution in [0.5, 0.6) is 0 Å². The summed E-state index contributed by atoms with van der Waals surface area (Å²) >= 11 is 0. The SMILES string of the molecule is CNC1C(O)C2(C)CCC1(C)C2(C)C. The molecule has 2 saturated carbocycles. The average Bonchev–Trinajstić information content (AvgIpc) is 2.34. The predicted molar refractivity (Wildman–Crippen MR) is 58.1 cm³/mol. The quantitative estimate of drug-likeness (QED) is 0.671. The summed E-state index contributed by atoms with van der Waals surface area (Å²) < 4.78 is 0. The van der Waals surface area contributed by atoms with Gasteiger partial charge >= 0.3 is 0 Å². The van der Waals surface area contributed by atoms with Crippen LogP contribution in [-0.2, 0) is 0 Å². The molecular weight excluding hydrogens is 174 g/mol. The highest BCUT2D eigenvalue weighted by molar-refractivity contribution is 5.22. The molecule has 2 aliphatic carbocycles. The molecule has 0 radical (unpaired) electrons. The number of hydrogen-bond donors (Lipinski definition) is 2. The van der Waals surface area contributed by atoms with Gasteiger partial charge in [0.25, 0.3) is 0 Å². The van der Waals surface area contributed by atoms with E-state index in [0.29, 0.717) is 0 Å². The van der Waals surface area contributed by atoms with Gasteiger partial charge in [-0.25, -0.2) is 0 Å². The van der Waals surface area contributed by atoms with Crippen LogP contribution in [0.15, 0.2) is 0 Å². The minimum absolute atomic E-state index is 0.0927. The minimum Gasteiger partial charge on any atom is -0.391 e. The fraction of sp³-hybridized carbons (Fsp3) is 1.00. The molecule has 2 rings (SSSR count). The van der Waals surface area contributed by atoms with Gasteiger partial charge in [0, 0.05) is 11.5 Å². The van der Waals surface area contributed by atoms with Crippen molar-refractivity contribution < 1.29 is 5.11 Å². The lowest BCUT2D eigenvalue weighted by Gasteiger charge is -2.40. The molecule has 0 saturated heterocycles. The summed E-state index contributed by atoms with van der Waals surface area (Å²) in [5.41, 5.74) is 0.568. The molecule has 0 amide bonds. The topological polar surface area (TPSA) is 32.3 Å². The number of fused-ring (bicyclic) bond motifs is 2. The van der Waals surface area contributed by atoms with Gasteiger partial charge in [-0.15, -0.1) is 0 Å². The Bertz CT molecular complexity index is 260. The fourth-order valence-corrected chi connectivity index (χ4v) is 4.05. The van der Waals surface area contributed by atoms with E-state index in [0.717, 1.165) is 6.42 Å². The summed E-state index contributed by atoms with van der Waals surface area (Å²) in [7, 11) is 1.97. The Labute approximate surface area is 87.1 Å². The number of aliphatic hydroxyl groups excluding tert-OH is 1. The van der Waals surface area contributed by atoms with Crippen molar-refractivity contribution in [3.8, 4) is 0 Å². The van der Waals surface area contributed by atoms with Crippen LogP contribution in [0.2, 0.25) is 0 Å². The Kier molecular flexibility index (Phi) is 1.89. The third-order valence-electron chi connectivity index (χ3n) is 5.99. The van der Waals surface area contributed by atoms with Crippen LogP contribution in [0.3, 0.4) is 0 Å². The fourth-order valence-electron chi connectivity index (χ4n) is 4.05. The first-order chi connectivity index (χ1) is 6.31. The largest absolute Gasteiger partial charge is 0.391 e. The second kappa shape index (κ2) is 2.53. The lowest BCUT2D eigenvalue weighted by molar-refractivity contribution is 0.00123. The molecule has 82 valence electrons. The van der Waals surface area contributed by atoms with Gasteiger partial charge in [-0.3, -0.25) is 0 Å². The van der Waals surface area contributed by atoms with Crippen LogP contribution < -0.4 is 5.32 Å². The number of nitrogens with one attached hydrogen (secondary N) is 1. The van der Waals surface area contributed by atoms with Crippen molar-refractivity contribution in [1.82, 2.24) is 5.32 Å². The molecule has 2 N–H and O–H groups in total. The molecule has 0 aromatic carbocycles. The average molecular weight is 197 g/mol. The van der Waals surface area contributed by atoms with Gasteiger partial charge in [-0.05, 0) is 30.7 Å². The first-order valence-corrected chi connectivity index (χ1v) is 5.66. The number of rotatable bonds is 1. The monoisotopic (exact) mass is 197 g/mol. The number of likely N-dealkylation sites (N-methyl/N-ethyl adjacent to an activating group) is 1. The van der Waals surface area contributed by atoms with E-state index < -0.39 is 0 Å². The van der Waals surface area contributed by atoms with Crippen molar-refractivity contribution in [3.05, 3.63) is 0 Å². The summed E-state index contributed by atoms with van der Waals surface area (Å²) in [4.78, 5) is 0. The summed E-state index contributed by atoms with van der Waals surface area (Å²) in [6.45, 7) is 9.22. The highest BCUT2D eigenvalue weighted by Crippen LogP contribution is 2.71. The van der Waals surface area contributed by atoms with Crippen molar-refractivity contribution in [1.29, 1.82) is 0 Å². The highest BCUT2D eigenvalue weighted by atomic mass is 16.3. The standard InChI is InChI=1S/C12H23NO/c1-10(2)11(3)6-7-12(10,4)9(14)8(11)13-5/h8-9,13-14H,6-7H2,1-5H3. The van der Waals surface area contributed by atoms with E-state index in [1.54, 1.807) is 0 Å². The van der Waals surface area contributed by atoms with Crippen molar-refractivity contribution in [2.24, 2.45) is 16.2 Å². The van der Waals surface area contributed by atoms with Crippen LogP contribution in [-0.4, -0.2) is 24.3 Å². The van der Waals surface area contributed by atoms with Gasteiger partial charge < -0.3 is 10.4 Å². The smallest absolute Gasteiger partial charge is 0.0757 e. The molecular formula is C12H23NO. The minimum atomic E-state index is -0.193. The molecule has 0 spiro atoms. The summed E-state index contributed by atoms with van der Waals surface area (Å²) in [6, 6.07) is 0.260. The van der Waals surface area contributed by atoms with E-state index in [2.05, 4.69) is 33.0 Å². The van der Waals surface area contributed by atoms with E-state index in [9.17, 15) is 5.11 Å². The van der Waals surface area contributed by atoms with Crippen LogP contribution in [0, 0.1) is 16.2 Å². The zero-order chi connectivity index (χ0) is 10.8. The first-order valence-electron chi connectivity index (χ1n) is 5.66. The van der Waals surface area contributed by atoms with Crippen LogP contribution in [0.25, 0.3) is 0 Å². The Balaban J connectivity index is 2.51. The van der Waals surface area contributed by atoms with Gasteiger partial charge in [0.15, 0.2) is 0 Å². The molecule has 0 aliphatic heterocycles. The molecule has 2 heteroatoms. The van der Waals surface area contributed by atoms with E-state index in [-0.39, 0.29) is 28.4 Å². The molecule has 0 heterocycles. The van der Waals surface area contributed by atoms with Gasteiger partial charge in [0.2, 0.25) is 0 Å². The van der Waals surface area contributed by atoms with Crippen molar-refractivity contribution in [3.63, 3.8) is 0 Å². The van der Waals surface area contributed by atoms with Crippen LogP contribution in [0.1, 0.15) is 40.5 Å². The molecule has 14 heavy (non-hydrogen) atoms. The number of hydrogen-bond acceptors (Lipinski definition) is 2. The zero-order valence-corrected chi connectivity index (χ0v) is 10.0. The first kappa shape index (κ1) is 10.4. The lowest BCUT2D eigenvalue weighted by atomic mass is 9.65. The van der Waals surface area contributed by atoms with E-state index in [1.807, 2.05) is 7.05 Å². The van der Waals surface area contributed by atoms with E-state index >= 15 is 0 Å². The summed E-state index contributed by atoms with van der Waals surface area (Å²) in [6.07, 6.45) is 2.20. The van der Waals surface area contributed by atoms with Gasteiger partial charge in [-0.1, -0.05) is 27.7 Å². The second-order valence-corrected chi connectivity index (χ2v) is 6.17. The van der Waals surface area contributed by atoms with E-state index in [4.69, 9.17) is 0 Å². The third kappa shape index (κ3) is 0.772. The Hall–Kier alpha value is -0.0800. The van der Waals surface area contributed by atoms with E-state index in [1.165, 1.54) is 6.42 Å². The van der Waals surface area contributed by atoms with Crippen LogP contribution in [0.4, 0.5) is 0 Å². The summed E-state index contributed by atoms with van der Waals surface area (Å²) in [5, 5.41) is 13.7. The van der Waals surface area contributed by atoms with Gasteiger partial charge in [0.05, 0.1) is 6.10 Å². The molecule has 2 bridgehead atoms. The maximum atomic E-state index is 10.4. The van der Waals surface area contributed by atoms with Gasteiger partial charge in [-0.2, -0.15) is 0 Å². The summed E-state index contributed by atoms with van der Waals surface area (Å²) in [5.74, 6) is 0. The maximum absolute atomic E-state index is 10.4. The molecule has 0 aromatic rings. The second-order valence-electron chi connectivity index (χ2n) is 6.17. The molecule has 4 unspecified atom stereocenters. The number of aliphatic hydroxyl groups is 1. The molecule has 0 aromatic heterocycles. The van der Waals surface area contributed by atoms with Crippen molar-refractivity contribution in [2.45, 2.75) is 52.7 Å². The molecule has 2 fully saturated rings. The van der Waals surface area contributed by atoms with Gasteiger partial charge in [0.1, 0.15) is 0 Å². The van der Waals surface area contributed by atoms with Crippen molar-refractivity contribution in [2.75, 3.05) is 7.05 Å². The maximum Gasteiger partial charge on any atom is 0.0757 e. The third-order valence-corrected chi connectivity index (χ3v) is 5.99. The lowest BCUT2D eigenvalue weighted by Crippen LogP contribution is -2.49. The normalized spacial score (nSPS) is 55.3.